The van der Waals surface area contributed by atoms with Gasteiger partial charge in [-0.25, -0.2) is 12.7 Å². The van der Waals surface area contributed by atoms with Crippen LogP contribution < -0.4 is 10.6 Å². The number of hydrogen-bond acceptors (Lipinski definition) is 5. The number of benzene rings is 1. The van der Waals surface area contributed by atoms with Crippen LogP contribution in [0.4, 0.5) is 5.69 Å². The number of nitrogens with one attached hydrogen (secondary N) is 2. The Morgan fingerprint density at radius 1 is 1.22 bits per heavy atom. The van der Waals surface area contributed by atoms with Crippen LogP contribution in [0.1, 0.15) is 44.1 Å². The van der Waals surface area contributed by atoms with Crippen molar-refractivity contribution in [2.75, 3.05) is 26.0 Å². The third kappa shape index (κ3) is 5.21. The Morgan fingerprint density at radius 2 is 1.85 bits per heavy atom. The first-order valence-electron chi connectivity index (χ1n) is 9.19. The first kappa shape index (κ1) is 21.2. The van der Waals surface area contributed by atoms with Crippen molar-refractivity contribution >= 4 is 21.6 Å². The second-order valence-corrected chi connectivity index (χ2v) is 9.43. The highest BCUT2D eigenvalue weighted by Crippen LogP contribution is 2.26. The lowest BCUT2D eigenvalue weighted by Gasteiger charge is -2.26. The van der Waals surface area contributed by atoms with E-state index in [0.29, 0.717) is 18.5 Å². The summed E-state index contributed by atoms with van der Waals surface area (Å²) in [7, 11) is -0.593. The molecule has 0 heterocycles. The van der Waals surface area contributed by atoms with E-state index in [-0.39, 0.29) is 17.3 Å². The van der Waals surface area contributed by atoms with E-state index in [1.165, 1.54) is 20.2 Å². The minimum Gasteiger partial charge on any atom is -0.376 e. The van der Waals surface area contributed by atoms with Crippen LogP contribution in [0.3, 0.4) is 0 Å². The first-order valence-corrected chi connectivity index (χ1v) is 10.6. The van der Waals surface area contributed by atoms with Crippen molar-refractivity contribution in [1.82, 2.24) is 9.62 Å². The maximum Gasteiger partial charge on any atom is 0.242 e. The van der Waals surface area contributed by atoms with Crippen LogP contribution >= 0.6 is 0 Å². The summed E-state index contributed by atoms with van der Waals surface area (Å²) in [6.07, 6.45) is 5.39. The minimum absolute atomic E-state index is 0.0181. The van der Waals surface area contributed by atoms with E-state index in [1.54, 1.807) is 12.1 Å². The summed E-state index contributed by atoms with van der Waals surface area (Å²) in [5.41, 5.74) is 0.630. The molecular weight excluding hydrogens is 364 g/mol. The molecule has 0 radical (unpaired) electrons. The third-order valence-corrected chi connectivity index (χ3v) is 6.79. The summed E-state index contributed by atoms with van der Waals surface area (Å²) in [5.74, 6) is -0.265. The standard InChI is InChI=1S/C19H28N4O3S/c1-15-8-9-16(27(25,26)23(2)3)12-17(15)21-13-18(24)22-19(14-20)10-6-4-5-7-11-19/h8-9,12,21H,4-7,10-11,13H2,1-3H3,(H,22,24). The van der Waals surface area contributed by atoms with Gasteiger partial charge < -0.3 is 10.6 Å². The number of aryl methyl sites for hydroxylation is 1. The Kier molecular flexibility index (Phi) is 6.84. The average molecular weight is 393 g/mol. The van der Waals surface area contributed by atoms with Gasteiger partial charge in [-0.15, -0.1) is 0 Å². The number of sulfonamides is 1. The molecule has 0 saturated heterocycles. The van der Waals surface area contributed by atoms with Crippen molar-refractivity contribution in [2.24, 2.45) is 0 Å². The predicted octanol–water partition coefficient (Wildman–Crippen LogP) is 2.39. The molecule has 1 aromatic rings. The van der Waals surface area contributed by atoms with Crippen LogP contribution in [0.5, 0.6) is 0 Å². The molecule has 1 saturated carbocycles. The smallest absolute Gasteiger partial charge is 0.242 e. The Morgan fingerprint density at radius 3 is 2.41 bits per heavy atom. The van der Waals surface area contributed by atoms with Crippen molar-refractivity contribution in [3.63, 3.8) is 0 Å². The summed E-state index contributed by atoms with van der Waals surface area (Å²) in [6, 6.07) is 7.08. The average Bonchev–Trinajstić information content (AvgIpc) is 2.86. The predicted molar refractivity (Wildman–Crippen MR) is 105 cm³/mol. The number of rotatable bonds is 6. The number of anilines is 1. The summed E-state index contributed by atoms with van der Waals surface area (Å²) in [5, 5.41) is 15.5. The SMILES string of the molecule is Cc1ccc(S(=O)(=O)N(C)C)cc1NCC(=O)NC1(C#N)CCCCCC1. The Bertz CT molecular complexity index is 820. The van der Waals surface area contributed by atoms with Gasteiger partial charge in [-0.2, -0.15) is 5.26 Å². The molecule has 7 nitrogen and oxygen atoms in total. The molecule has 0 atom stereocenters. The van der Waals surface area contributed by atoms with E-state index in [0.717, 1.165) is 35.6 Å². The topological polar surface area (TPSA) is 102 Å². The number of hydrogen-bond donors (Lipinski definition) is 2. The highest BCUT2D eigenvalue weighted by molar-refractivity contribution is 7.89. The van der Waals surface area contributed by atoms with Crippen LogP contribution in [-0.4, -0.2) is 44.8 Å². The molecule has 0 bridgehead atoms. The zero-order chi connectivity index (χ0) is 20.1. The lowest BCUT2D eigenvalue weighted by atomic mass is 9.92. The van der Waals surface area contributed by atoms with Crippen molar-refractivity contribution < 1.29 is 13.2 Å². The normalized spacial score (nSPS) is 17.0. The van der Waals surface area contributed by atoms with Gasteiger partial charge in [0.2, 0.25) is 15.9 Å². The summed E-state index contributed by atoms with van der Waals surface area (Å²) >= 11 is 0. The largest absolute Gasteiger partial charge is 0.376 e. The molecule has 2 N–H and O–H groups in total. The fourth-order valence-corrected chi connectivity index (χ4v) is 4.17. The second kappa shape index (κ2) is 8.72. The van der Waals surface area contributed by atoms with Crippen LogP contribution in [0.25, 0.3) is 0 Å². The molecule has 8 heteroatoms. The third-order valence-electron chi connectivity index (χ3n) is 4.98. The van der Waals surface area contributed by atoms with Gasteiger partial charge in [0.1, 0.15) is 5.54 Å². The van der Waals surface area contributed by atoms with Gasteiger partial charge in [-0.1, -0.05) is 31.7 Å². The van der Waals surface area contributed by atoms with Crippen LogP contribution in [0, 0.1) is 18.3 Å². The zero-order valence-electron chi connectivity index (χ0n) is 16.2. The van der Waals surface area contributed by atoms with Gasteiger partial charge in [0, 0.05) is 19.8 Å². The molecule has 0 aliphatic heterocycles. The molecule has 148 valence electrons. The van der Waals surface area contributed by atoms with Gasteiger partial charge in [-0.05, 0) is 37.5 Å². The van der Waals surface area contributed by atoms with E-state index in [4.69, 9.17) is 0 Å². The number of carbonyl (C=O) groups is 1. The number of amides is 1. The molecule has 27 heavy (non-hydrogen) atoms. The quantitative estimate of drug-likeness (QED) is 0.724. The van der Waals surface area contributed by atoms with Gasteiger partial charge in [0.05, 0.1) is 17.5 Å². The first-order chi connectivity index (χ1) is 12.7. The van der Waals surface area contributed by atoms with E-state index in [9.17, 15) is 18.5 Å². The molecule has 1 aliphatic carbocycles. The summed E-state index contributed by atoms with van der Waals surface area (Å²) in [4.78, 5) is 12.6. The fraction of sp³-hybridized carbons (Fsp3) is 0.579. The van der Waals surface area contributed by atoms with E-state index < -0.39 is 15.6 Å². The number of nitrogens with zero attached hydrogens (tertiary/aromatic N) is 2. The lowest BCUT2D eigenvalue weighted by molar-refractivity contribution is -0.120. The number of nitriles is 1. The van der Waals surface area contributed by atoms with Crippen molar-refractivity contribution in [1.29, 1.82) is 5.26 Å². The van der Waals surface area contributed by atoms with Crippen molar-refractivity contribution in [2.45, 2.75) is 55.9 Å². The van der Waals surface area contributed by atoms with Gasteiger partial charge >= 0.3 is 0 Å². The molecule has 2 rings (SSSR count). The van der Waals surface area contributed by atoms with Crippen molar-refractivity contribution in [3.8, 4) is 6.07 Å². The maximum atomic E-state index is 12.4. The second-order valence-electron chi connectivity index (χ2n) is 7.27. The van der Waals surface area contributed by atoms with E-state index >= 15 is 0 Å². The Balaban J connectivity index is 2.07. The molecule has 0 unspecified atom stereocenters. The highest BCUT2D eigenvalue weighted by atomic mass is 32.2. The highest BCUT2D eigenvalue weighted by Gasteiger charge is 2.32. The van der Waals surface area contributed by atoms with E-state index in [1.807, 2.05) is 6.92 Å². The number of carbonyl (C=O) groups excluding carboxylic acids is 1. The van der Waals surface area contributed by atoms with Crippen molar-refractivity contribution in [3.05, 3.63) is 23.8 Å². The van der Waals surface area contributed by atoms with Crippen LogP contribution in [0.2, 0.25) is 0 Å². The maximum absolute atomic E-state index is 12.4. The van der Waals surface area contributed by atoms with Gasteiger partial charge in [-0.3, -0.25) is 4.79 Å². The molecule has 0 aromatic heterocycles. The minimum atomic E-state index is -3.55. The van der Waals surface area contributed by atoms with Crippen LogP contribution in [-0.2, 0) is 14.8 Å². The molecule has 1 aromatic carbocycles. The zero-order valence-corrected chi connectivity index (χ0v) is 17.0. The fourth-order valence-electron chi connectivity index (χ4n) is 3.25. The Hall–Kier alpha value is -2.11. The summed E-state index contributed by atoms with van der Waals surface area (Å²) in [6.45, 7) is 1.82. The molecule has 1 fully saturated rings. The van der Waals surface area contributed by atoms with E-state index in [2.05, 4.69) is 16.7 Å². The van der Waals surface area contributed by atoms with Crippen LogP contribution in [0.15, 0.2) is 23.1 Å². The van der Waals surface area contributed by atoms with Gasteiger partial charge in [0.15, 0.2) is 0 Å². The molecule has 0 spiro atoms. The molecule has 1 aliphatic rings. The lowest BCUT2D eigenvalue weighted by Crippen LogP contribution is -2.49. The summed E-state index contributed by atoms with van der Waals surface area (Å²) < 4.78 is 25.7. The molecular formula is C19H28N4O3S. The molecule has 1 amide bonds. The Labute approximate surface area is 161 Å². The monoisotopic (exact) mass is 392 g/mol. The van der Waals surface area contributed by atoms with Gasteiger partial charge in [0.25, 0.3) is 0 Å².